The average Bonchev–Trinajstić information content (AvgIpc) is 2.86. The lowest BCUT2D eigenvalue weighted by Gasteiger charge is -2.36. The second-order valence-electron chi connectivity index (χ2n) is 5.76. The van der Waals surface area contributed by atoms with Gasteiger partial charge in [0.25, 0.3) is 0 Å². The summed E-state index contributed by atoms with van der Waals surface area (Å²) >= 11 is 7.56. The van der Waals surface area contributed by atoms with E-state index in [1.54, 1.807) is 11.3 Å². The highest BCUT2D eigenvalue weighted by Gasteiger charge is 2.22. The summed E-state index contributed by atoms with van der Waals surface area (Å²) in [5, 5.41) is 1.77. The lowest BCUT2D eigenvalue weighted by molar-refractivity contribution is -0.130. The number of piperazine rings is 1. The van der Waals surface area contributed by atoms with Gasteiger partial charge in [-0.25, -0.2) is 4.98 Å². The molecule has 0 bridgehead atoms. The minimum atomic E-state index is 0.201. The molecule has 0 radical (unpaired) electrons. The van der Waals surface area contributed by atoms with E-state index in [0.717, 1.165) is 52.5 Å². The van der Waals surface area contributed by atoms with Gasteiger partial charge in [-0.1, -0.05) is 11.6 Å². The summed E-state index contributed by atoms with van der Waals surface area (Å²) in [5.41, 5.74) is 2.15. The smallest absolute Gasteiger partial charge is 0.228 e. The predicted molar refractivity (Wildman–Crippen MR) is 95.5 cm³/mol. The number of benzene rings is 1. The van der Waals surface area contributed by atoms with Crippen LogP contribution in [-0.2, 0) is 11.2 Å². The average molecular weight is 350 g/mol. The van der Waals surface area contributed by atoms with Crippen LogP contribution in [0.4, 0.5) is 5.69 Å². The summed E-state index contributed by atoms with van der Waals surface area (Å²) in [7, 11) is 0. The van der Waals surface area contributed by atoms with Gasteiger partial charge in [-0.05, 0) is 38.1 Å². The molecule has 1 aromatic heterocycles. The van der Waals surface area contributed by atoms with Crippen molar-refractivity contribution in [3.63, 3.8) is 0 Å². The maximum absolute atomic E-state index is 12.5. The molecular weight excluding hydrogens is 330 g/mol. The number of nitrogens with zero attached hydrogens (tertiary/aromatic N) is 3. The quantitative estimate of drug-likeness (QED) is 0.853. The third kappa shape index (κ3) is 3.85. The minimum Gasteiger partial charge on any atom is -0.368 e. The lowest BCUT2D eigenvalue weighted by Crippen LogP contribution is -2.49. The number of thiazole rings is 1. The molecule has 1 aromatic carbocycles. The largest absolute Gasteiger partial charge is 0.368 e. The minimum absolute atomic E-state index is 0.201. The molecule has 3 rings (SSSR count). The van der Waals surface area contributed by atoms with Gasteiger partial charge in [0.15, 0.2) is 0 Å². The standard InChI is InChI=1S/C17H20ClN3OS/c1-12-16(23-13(2)19-12)11-17(22)21-9-7-20(8-10-21)15-5-3-14(18)4-6-15/h3-6H,7-11H2,1-2H3. The summed E-state index contributed by atoms with van der Waals surface area (Å²) in [5.74, 6) is 0.201. The van der Waals surface area contributed by atoms with Crippen LogP contribution < -0.4 is 4.90 Å². The van der Waals surface area contributed by atoms with Crippen LogP contribution in [0.1, 0.15) is 15.6 Å². The first-order valence-electron chi connectivity index (χ1n) is 7.74. The van der Waals surface area contributed by atoms with Crippen molar-refractivity contribution >= 4 is 34.5 Å². The van der Waals surface area contributed by atoms with Gasteiger partial charge in [-0.3, -0.25) is 4.79 Å². The number of aromatic nitrogens is 1. The monoisotopic (exact) mass is 349 g/mol. The van der Waals surface area contributed by atoms with E-state index in [0.29, 0.717) is 6.42 Å². The number of rotatable bonds is 3. The Kier molecular flexibility index (Phi) is 4.87. The number of halogens is 1. The fraction of sp³-hybridized carbons (Fsp3) is 0.412. The Morgan fingerprint density at radius 3 is 2.39 bits per heavy atom. The summed E-state index contributed by atoms with van der Waals surface area (Å²) in [6.07, 6.45) is 0.471. The molecule has 2 heterocycles. The van der Waals surface area contributed by atoms with Gasteiger partial charge in [-0.2, -0.15) is 0 Å². The van der Waals surface area contributed by atoms with Crippen molar-refractivity contribution in [3.05, 3.63) is 44.9 Å². The summed E-state index contributed by atoms with van der Waals surface area (Å²) in [6, 6.07) is 7.87. The molecule has 6 heteroatoms. The molecular formula is C17H20ClN3OS. The Bertz CT molecular complexity index is 690. The van der Waals surface area contributed by atoms with E-state index in [2.05, 4.69) is 9.88 Å². The van der Waals surface area contributed by atoms with Crippen LogP contribution in [0, 0.1) is 13.8 Å². The first-order chi connectivity index (χ1) is 11.0. The van der Waals surface area contributed by atoms with Crippen LogP contribution in [-0.4, -0.2) is 42.0 Å². The number of hydrogen-bond acceptors (Lipinski definition) is 4. The van der Waals surface area contributed by atoms with Crippen molar-refractivity contribution in [2.24, 2.45) is 0 Å². The van der Waals surface area contributed by atoms with E-state index in [9.17, 15) is 4.79 Å². The fourth-order valence-corrected chi connectivity index (χ4v) is 3.91. The Balaban J connectivity index is 1.57. The van der Waals surface area contributed by atoms with Crippen molar-refractivity contribution in [1.82, 2.24) is 9.88 Å². The number of carbonyl (C=O) groups excluding carboxylic acids is 1. The highest BCUT2D eigenvalue weighted by molar-refractivity contribution is 7.11. The molecule has 1 amide bonds. The highest BCUT2D eigenvalue weighted by Crippen LogP contribution is 2.21. The number of amides is 1. The van der Waals surface area contributed by atoms with Gasteiger partial charge in [-0.15, -0.1) is 11.3 Å². The first-order valence-corrected chi connectivity index (χ1v) is 8.93. The zero-order chi connectivity index (χ0) is 16.4. The topological polar surface area (TPSA) is 36.4 Å². The molecule has 2 aromatic rings. The first kappa shape index (κ1) is 16.3. The second-order valence-corrected chi connectivity index (χ2v) is 7.49. The molecule has 0 unspecified atom stereocenters. The van der Waals surface area contributed by atoms with Crippen molar-refractivity contribution in [2.45, 2.75) is 20.3 Å². The molecule has 122 valence electrons. The molecule has 0 saturated carbocycles. The predicted octanol–water partition coefficient (Wildman–Crippen LogP) is 3.30. The Labute approximate surface area is 145 Å². The number of aryl methyl sites for hydroxylation is 2. The van der Waals surface area contributed by atoms with Crippen molar-refractivity contribution in [2.75, 3.05) is 31.1 Å². The molecule has 0 aliphatic carbocycles. The van der Waals surface area contributed by atoms with E-state index in [1.165, 1.54) is 0 Å². The Hall–Kier alpha value is -1.59. The second kappa shape index (κ2) is 6.89. The number of anilines is 1. The summed E-state index contributed by atoms with van der Waals surface area (Å²) < 4.78 is 0. The summed E-state index contributed by atoms with van der Waals surface area (Å²) in [6.45, 7) is 7.19. The van der Waals surface area contributed by atoms with Gasteiger partial charge < -0.3 is 9.80 Å². The van der Waals surface area contributed by atoms with Gasteiger partial charge >= 0.3 is 0 Å². The van der Waals surface area contributed by atoms with Crippen LogP contribution in [0.15, 0.2) is 24.3 Å². The Morgan fingerprint density at radius 2 is 1.83 bits per heavy atom. The zero-order valence-corrected chi connectivity index (χ0v) is 15.0. The highest BCUT2D eigenvalue weighted by atomic mass is 35.5. The number of carbonyl (C=O) groups is 1. The van der Waals surface area contributed by atoms with Crippen LogP contribution in [0.5, 0.6) is 0 Å². The number of hydrogen-bond donors (Lipinski definition) is 0. The van der Waals surface area contributed by atoms with E-state index >= 15 is 0 Å². The van der Waals surface area contributed by atoms with Crippen molar-refractivity contribution < 1.29 is 4.79 Å². The van der Waals surface area contributed by atoms with Crippen LogP contribution in [0.3, 0.4) is 0 Å². The van der Waals surface area contributed by atoms with E-state index in [-0.39, 0.29) is 5.91 Å². The molecule has 1 saturated heterocycles. The summed E-state index contributed by atoms with van der Waals surface area (Å²) in [4.78, 5) is 22.2. The van der Waals surface area contributed by atoms with Crippen molar-refractivity contribution in [1.29, 1.82) is 0 Å². The Morgan fingerprint density at radius 1 is 1.17 bits per heavy atom. The lowest BCUT2D eigenvalue weighted by atomic mass is 10.2. The van der Waals surface area contributed by atoms with E-state index in [1.807, 2.05) is 43.0 Å². The van der Waals surface area contributed by atoms with Crippen LogP contribution in [0.25, 0.3) is 0 Å². The van der Waals surface area contributed by atoms with Gasteiger partial charge in [0.1, 0.15) is 0 Å². The third-order valence-electron chi connectivity index (χ3n) is 4.14. The molecule has 4 nitrogen and oxygen atoms in total. The van der Waals surface area contributed by atoms with E-state index in [4.69, 9.17) is 11.6 Å². The van der Waals surface area contributed by atoms with Crippen molar-refractivity contribution in [3.8, 4) is 0 Å². The molecule has 0 N–H and O–H groups in total. The molecule has 0 spiro atoms. The van der Waals surface area contributed by atoms with E-state index < -0.39 is 0 Å². The maximum Gasteiger partial charge on any atom is 0.228 e. The van der Waals surface area contributed by atoms with Gasteiger partial charge in [0.05, 0.1) is 17.1 Å². The SMILES string of the molecule is Cc1nc(C)c(CC(=O)N2CCN(c3ccc(Cl)cc3)CC2)s1. The molecule has 1 fully saturated rings. The van der Waals surface area contributed by atoms with Crippen LogP contribution in [0.2, 0.25) is 5.02 Å². The van der Waals surface area contributed by atoms with Crippen LogP contribution >= 0.6 is 22.9 Å². The zero-order valence-electron chi connectivity index (χ0n) is 13.4. The fourth-order valence-electron chi connectivity index (χ4n) is 2.85. The normalized spacial score (nSPS) is 15.1. The molecule has 23 heavy (non-hydrogen) atoms. The third-order valence-corrected chi connectivity index (χ3v) is 5.46. The molecule has 1 aliphatic rings. The molecule has 1 aliphatic heterocycles. The van der Waals surface area contributed by atoms with Gasteiger partial charge in [0.2, 0.25) is 5.91 Å². The molecule has 0 atom stereocenters. The maximum atomic E-state index is 12.5. The van der Waals surface area contributed by atoms with Gasteiger partial charge in [0, 0.05) is 41.8 Å².